The molecule has 0 saturated carbocycles. The molecule has 0 unspecified atom stereocenters. The molecule has 0 radical (unpaired) electrons. The van der Waals surface area contributed by atoms with Gasteiger partial charge in [-0.2, -0.15) is 8.78 Å². The minimum absolute atomic E-state index is 0.0434. The Bertz CT molecular complexity index is 396. The number of ether oxygens (including phenoxy) is 1. The van der Waals surface area contributed by atoms with Gasteiger partial charge in [-0.05, 0) is 30.2 Å². The molecule has 1 N–H and O–H groups in total. The lowest BCUT2D eigenvalue weighted by atomic mass is 10.1. The highest BCUT2D eigenvalue weighted by atomic mass is 19.3. The Kier molecular flexibility index (Phi) is 3.99. The van der Waals surface area contributed by atoms with Crippen LogP contribution in [0, 0.1) is 0 Å². The fourth-order valence-corrected chi connectivity index (χ4v) is 1.17. The van der Waals surface area contributed by atoms with Gasteiger partial charge in [0.25, 0.3) is 0 Å². The second kappa shape index (κ2) is 5.25. The summed E-state index contributed by atoms with van der Waals surface area (Å²) in [7, 11) is 0. The van der Waals surface area contributed by atoms with Crippen molar-refractivity contribution in [3.63, 3.8) is 0 Å². The first-order chi connectivity index (χ1) is 7.49. The number of carbonyl (C=O) groups is 1. The Morgan fingerprint density at radius 3 is 2.38 bits per heavy atom. The zero-order valence-corrected chi connectivity index (χ0v) is 8.48. The van der Waals surface area contributed by atoms with Gasteiger partial charge in [0.1, 0.15) is 5.75 Å². The van der Waals surface area contributed by atoms with Crippen LogP contribution in [0.15, 0.2) is 30.3 Å². The summed E-state index contributed by atoms with van der Waals surface area (Å²) in [5.74, 6) is -1.01. The van der Waals surface area contributed by atoms with Crippen molar-refractivity contribution in [2.45, 2.75) is 13.5 Å². The predicted octanol–water partition coefficient (Wildman–Crippen LogP) is 2.78. The molecule has 0 aromatic heterocycles. The van der Waals surface area contributed by atoms with Crippen molar-refractivity contribution in [2.75, 3.05) is 0 Å². The van der Waals surface area contributed by atoms with Gasteiger partial charge < -0.3 is 9.84 Å². The summed E-state index contributed by atoms with van der Waals surface area (Å²) >= 11 is 0. The third-order valence-electron chi connectivity index (χ3n) is 1.87. The molecule has 0 bridgehead atoms. The summed E-state index contributed by atoms with van der Waals surface area (Å²) < 4.78 is 27.8. The van der Waals surface area contributed by atoms with Gasteiger partial charge in [0.2, 0.25) is 0 Å². The van der Waals surface area contributed by atoms with Crippen LogP contribution in [0.1, 0.15) is 12.5 Å². The Balaban J connectivity index is 2.82. The van der Waals surface area contributed by atoms with Crippen molar-refractivity contribution in [3.8, 4) is 5.75 Å². The van der Waals surface area contributed by atoms with Crippen molar-refractivity contribution < 1.29 is 23.4 Å². The molecule has 0 aliphatic heterocycles. The molecule has 0 aliphatic carbocycles. The number of halogens is 2. The number of aliphatic carboxylic acids is 1. The molecular weight excluding hydrogens is 218 g/mol. The molecule has 5 heteroatoms. The summed E-state index contributed by atoms with van der Waals surface area (Å²) in [5.41, 5.74) is 1.18. The van der Waals surface area contributed by atoms with Crippen LogP contribution < -0.4 is 4.74 Å². The van der Waals surface area contributed by atoms with Gasteiger partial charge >= 0.3 is 12.6 Å². The lowest BCUT2D eigenvalue weighted by molar-refractivity contribution is -0.131. The zero-order chi connectivity index (χ0) is 12.1. The Labute approximate surface area is 91.0 Å². The second-order valence-corrected chi connectivity index (χ2v) is 3.07. The molecule has 16 heavy (non-hydrogen) atoms. The third kappa shape index (κ3) is 3.68. The molecule has 0 fully saturated rings. The Morgan fingerprint density at radius 1 is 1.38 bits per heavy atom. The molecular formula is C11H10F2O3. The molecule has 3 nitrogen and oxygen atoms in total. The van der Waals surface area contributed by atoms with Crippen molar-refractivity contribution in [1.82, 2.24) is 0 Å². The monoisotopic (exact) mass is 228 g/mol. The molecule has 0 saturated heterocycles. The maximum Gasteiger partial charge on any atom is 0.387 e. The maximum absolute atomic E-state index is 11.8. The second-order valence-electron chi connectivity index (χ2n) is 3.07. The molecule has 0 spiro atoms. The summed E-state index contributed by atoms with van der Waals surface area (Å²) in [6.45, 7) is -1.24. The van der Waals surface area contributed by atoms with E-state index in [-0.39, 0.29) is 5.75 Å². The highest BCUT2D eigenvalue weighted by Crippen LogP contribution is 2.19. The number of hydrogen-bond acceptors (Lipinski definition) is 2. The number of alkyl halides is 2. The normalized spacial score (nSPS) is 11.6. The number of benzene rings is 1. The largest absolute Gasteiger partial charge is 0.478 e. The zero-order valence-electron chi connectivity index (χ0n) is 8.48. The van der Waals surface area contributed by atoms with Gasteiger partial charge in [0, 0.05) is 6.08 Å². The van der Waals surface area contributed by atoms with E-state index in [0.29, 0.717) is 11.1 Å². The van der Waals surface area contributed by atoms with Crippen LogP contribution in [-0.4, -0.2) is 17.7 Å². The fourth-order valence-electron chi connectivity index (χ4n) is 1.17. The van der Waals surface area contributed by atoms with E-state index in [4.69, 9.17) is 5.11 Å². The lowest BCUT2D eigenvalue weighted by Crippen LogP contribution is -2.01. The summed E-state index contributed by atoms with van der Waals surface area (Å²) in [5, 5.41) is 8.52. The van der Waals surface area contributed by atoms with E-state index in [1.807, 2.05) is 0 Å². The Hall–Kier alpha value is -1.91. The van der Waals surface area contributed by atoms with E-state index in [1.165, 1.54) is 24.3 Å². The predicted molar refractivity (Wildman–Crippen MR) is 54.4 cm³/mol. The summed E-state index contributed by atoms with van der Waals surface area (Å²) in [4.78, 5) is 10.4. The smallest absolute Gasteiger partial charge is 0.387 e. The SMILES string of the molecule is CC(=CC(=O)O)c1ccc(OC(F)F)cc1. The van der Waals surface area contributed by atoms with Crippen molar-refractivity contribution in [3.05, 3.63) is 35.9 Å². The summed E-state index contributed by atoms with van der Waals surface area (Å²) in [6, 6.07) is 5.76. The van der Waals surface area contributed by atoms with E-state index in [1.54, 1.807) is 6.92 Å². The van der Waals surface area contributed by atoms with Gasteiger partial charge in [-0.1, -0.05) is 12.1 Å². The Morgan fingerprint density at radius 2 is 1.94 bits per heavy atom. The van der Waals surface area contributed by atoms with Crippen LogP contribution in [0.5, 0.6) is 5.75 Å². The molecule has 0 amide bonds. The maximum atomic E-state index is 11.8. The van der Waals surface area contributed by atoms with Crippen LogP contribution in [0.25, 0.3) is 5.57 Å². The van der Waals surface area contributed by atoms with Gasteiger partial charge in [-0.3, -0.25) is 0 Å². The van der Waals surface area contributed by atoms with Gasteiger partial charge in [-0.25, -0.2) is 4.79 Å². The van der Waals surface area contributed by atoms with E-state index in [9.17, 15) is 13.6 Å². The highest BCUT2D eigenvalue weighted by molar-refractivity contribution is 5.89. The van der Waals surface area contributed by atoms with Crippen molar-refractivity contribution in [1.29, 1.82) is 0 Å². The minimum atomic E-state index is -2.86. The number of rotatable bonds is 4. The van der Waals surface area contributed by atoms with E-state index < -0.39 is 12.6 Å². The standard InChI is InChI=1S/C11H10F2O3/c1-7(6-10(14)15)8-2-4-9(5-3-8)16-11(12)13/h2-6,11H,1H3,(H,14,15). The fraction of sp³-hybridized carbons (Fsp3) is 0.182. The first-order valence-electron chi connectivity index (χ1n) is 4.45. The molecule has 0 aliphatic rings. The van der Waals surface area contributed by atoms with Gasteiger partial charge in [-0.15, -0.1) is 0 Å². The quantitative estimate of drug-likeness (QED) is 0.806. The third-order valence-corrected chi connectivity index (χ3v) is 1.87. The van der Waals surface area contributed by atoms with Crippen LogP contribution in [0.3, 0.4) is 0 Å². The minimum Gasteiger partial charge on any atom is -0.478 e. The number of carboxylic acids is 1. The first kappa shape index (κ1) is 12.2. The molecule has 1 rings (SSSR count). The van der Waals surface area contributed by atoms with Gasteiger partial charge in [0.15, 0.2) is 0 Å². The van der Waals surface area contributed by atoms with Crippen LogP contribution in [-0.2, 0) is 4.79 Å². The molecule has 0 atom stereocenters. The average Bonchev–Trinajstić information content (AvgIpc) is 2.16. The van der Waals surface area contributed by atoms with Crippen LogP contribution in [0.2, 0.25) is 0 Å². The van der Waals surface area contributed by atoms with Crippen LogP contribution in [0.4, 0.5) is 8.78 Å². The highest BCUT2D eigenvalue weighted by Gasteiger charge is 2.04. The van der Waals surface area contributed by atoms with Gasteiger partial charge in [0.05, 0.1) is 0 Å². The number of hydrogen-bond donors (Lipinski definition) is 1. The first-order valence-corrected chi connectivity index (χ1v) is 4.45. The molecule has 0 heterocycles. The summed E-state index contributed by atoms with van der Waals surface area (Å²) in [6.07, 6.45) is 1.04. The molecule has 1 aromatic carbocycles. The van der Waals surface area contributed by atoms with E-state index in [2.05, 4.69) is 4.74 Å². The van der Waals surface area contributed by atoms with E-state index >= 15 is 0 Å². The topological polar surface area (TPSA) is 46.5 Å². The van der Waals surface area contributed by atoms with Crippen LogP contribution >= 0.6 is 0 Å². The van der Waals surface area contributed by atoms with E-state index in [0.717, 1.165) is 6.08 Å². The lowest BCUT2D eigenvalue weighted by Gasteiger charge is -2.05. The average molecular weight is 228 g/mol. The van der Waals surface area contributed by atoms with Crippen molar-refractivity contribution >= 4 is 11.5 Å². The number of carboxylic acid groups (broad SMARTS) is 1. The number of allylic oxidation sites excluding steroid dienone is 1. The molecule has 86 valence electrons. The van der Waals surface area contributed by atoms with Crippen molar-refractivity contribution in [2.24, 2.45) is 0 Å². The molecule has 1 aromatic rings.